The molecule has 7 heterocycles. The minimum Gasteiger partial charge on any atom is -0.504 e. The first kappa shape index (κ1) is 73.5. The van der Waals surface area contributed by atoms with E-state index in [-0.39, 0.29) is 24.3 Å². The predicted molar refractivity (Wildman–Crippen MR) is 344 cm³/mol. The van der Waals surface area contributed by atoms with Gasteiger partial charge in [-0.1, -0.05) is 0 Å². The Morgan fingerprint density at radius 3 is 1.17 bits per heavy atom. The second-order valence-corrected chi connectivity index (χ2v) is 25.0. The van der Waals surface area contributed by atoms with Crippen LogP contribution in [0.3, 0.4) is 0 Å². The zero-order valence-electron chi connectivity index (χ0n) is 54.6. The van der Waals surface area contributed by atoms with Gasteiger partial charge in [-0.05, 0) is 24.3 Å². The number of cyclic esters (lactones) is 2. The monoisotopic (exact) mass is 1570 g/mol. The summed E-state index contributed by atoms with van der Waals surface area (Å²) >= 11 is 0. The SMILES string of the molecule is O=C(O[C@@H]1O[C@@H]2COC(=O)c3cc(O)c(O)c(O)c3-c3c(cc(O)c(O)c3O)C(=O)O[C@H]2[C@H](O)[C@H]1O)c1cc(O)c(O)c(O)c1Oc1cc2c(c(O)c1O)-c1c(cc(O)c(O)c1O)C(=O)OC[C@@H]1OC(=O)c3cc(O)c(O)c(O)c3-c3c(O)c(O)c(O)c4c3C(=O)O[C@H]([C@H]1OC2=O)[C@H]1OC(=O)c2c-4c(O)c(O)c(O)c2[C@H]1O. The maximum Gasteiger partial charge on any atom is 0.344 e. The topological polar surface area (TPSA) is 755 Å². The number of aliphatic hydroxyl groups is 3. The number of hydrogen-bond donors (Lipinski definition) is 26. The highest BCUT2D eigenvalue weighted by atomic mass is 16.7. The molecular formula is C68H46O44. The lowest BCUT2D eigenvalue weighted by Crippen LogP contribution is -2.61. The van der Waals surface area contributed by atoms with E-state index in [0.29, 0.717) is 12.1 Å². The Balaban J connectivity index is 0.906. The predicted octanol–water partition coefficient (Wildman–Crippen LogP) is 1.42. The molecule has 8 aromatic carbocycles. The van der Waals surface area contributed by atoms with Gasteiger partial charge in [0, 0.05) is 62.2 Å². The van der Waals surface area contributed by atoms with E-state index in [4.69, 9.17) is 47.4 Å². The molecule has 7 aliphatic rings. The zero-order valence-corrected chi connectivity index (χ0v) is 54.6. The number of esters is 8. The molecule has 1 fully saturated rings. The molecule has 0 unspecified atom stereocenters. The van der Waals surface area contributed by atoms with Gasteiger partial charge in [-0.25, -0.2) is 38.4 Å². The van der Waals surface area contributed by atoms with Gasteiger partial charge in [0.25, 0.3) is 0 Å². The molecule has 0 aliphatic carbocycles. The number of aromatic hydroxyl groups is 23. The van der Waals surface area contributed by atoms with Crippen molar-refractivity contribution in [1.82, 2.24) is 0 Å². The van der Waals surface area contributed by atoms with Crippen molar-refractivity contribution in [3.8, 4) is 188 Å². The van der Waals surface area contributed by atoms with E-state index in [1.54, 1.807) is 0 Å². The van der Waals surface area contributed by atoms with Crippen LogP contribution in [0.5, 0.6) is 144 Å². The molecule has 44 nitrogen and oxygen atoms in total. The lowest BCUT2D eigenvalue weighted by molar-refractivity contribution is -0.284. The van der Waals surface area contributed by atoms with Gasteiger partial charge in [-0.2, -0.15) is 0 Å². The Morgan fingerprint density at radius 2 is 0.670 bits per heavy atom. The molecule has 7 aliphatic heterocycles. The van der Waals surface area contributed by atoms with Crippen molar-refractivity contribution in [2.45, 2.75) is 61.2 Å². The van der Waals surface area contributed by atoms with Crippen molar-refractivity contribution in [3.05, 3.63) is 86.5 Å². The van der Waals surface area contributed by atoms with Crippen molar-refractivity contribution < 1.29 is 218 Å². The average Bonchev–Trinajstić information content (AvgIpc) is 0.895. The highest BCUT2D eigenvalue weighted by molar-refractivity contribution is 6.17. The summed E-state index contributed by atoms with van der Waals surface area (Å²) < 4.78 is 55.7. The third-order valence-electron chi connectivity index (χ3n) is 18.8. The number of benzene rings is 8. The van der Waals surface area contributed by atoms with E-state index >= 15 is 14.4 Å². The van der Waals surface area contributed by atoms with Crippen LogP contribution in [0, 0.1) is 0 Å². The van der Waals surface area contributed by atoms with Crippen LogP contribution in [0.1, 0.15) is 94.5 Å². The Hall–Kier alpha value is -15.4. The Bertz CT molecular complexity index is 5660. The van der Waals surface area contributed by atoms with E-state index in [1.807, 2.05) is 0 Å². The van der Waals surface area contributed by atoms with Gasteiger partial charge >= 0.3 is 47.8 Å². The molecule has 1 saturated heterocycles. The quantitative estimate of drug-likeness (QED) is 0.0673. The van der Waals surface area contributed by atoms with Gasteiger partial charge in [-0.15, -0.1) is 0 Å². The van der Waals surface area contributed by atoms with Crippen LogP contribution in [0.25, 0.3) is 44.5 Å². The molecule has 0 aromatic heterocycles. The molecule has 8 aromatic rings. The van der Waals surface area contributed by atoms with E-state index in [1.165, 1.54) is 0 Å². The van der Waals surface area contributed by atoms with E-state index < -0.39 is 361 Å². The number of ether oxygens (including phenoxy) is 10. The average molecular weight is 1570 g/mol. The standard InChI is InChI=1S/C68H46O44/c69-15-1-9-23(40(80)34(15)74)25-11(3-17(71)36(76)42(25)82)63(98)108-56-21(7-103-60(9)95)107-68(54(94)53(56)93)112-65(100)14-5-19(73)38(78)52(92)55(14)105-20-6-13-26(44(84)39(20)79)24-10(2-16(70)35(75)41(24)81)61(96)104-8-22-57(109-64(13)99)59-58-49(89)33-32(67(102)110-58)30(47(87)51(91)48(33)88)29-31(66(101)111-59)28(45(85)50(90)46(29)86)27-12(62(97)106-22)4-18(72)37(77)43(27)83/h1-6,21-22,49,53-54,56-59,68-94H,7-8H2/t21-,22+,49-,53-,54-,56-,57+,58+,59-,68+/m1/s1. The molecule has 10 atom stereocenters. The molecule has 44 heteroatoms. The Kier molecular flexibility index (Phi) is 16.8. The van der Waals surface area contributed by atoms with E-state index in [9.17, 15) is 157 Å². The maximum absolute atomic E-state index is 15.8. The van der Waals surface area contributed by atoms with Crippen LogP contribution in [0.4, 0.5) is 0 Å². The lowest BCUT2D eigenvalue weighted by atomic mass is 9.80. The molecule has 0 radical (unpaired) electrons. The van der Waals surface area contributed by atoms with Crippen molar-refractivity contribution >= 4 is 47.8 Å². The summed E-state index contributed by atoms with van der Waals surface area (Å²) in [5.41, 5.74) is -23.3. The Labute approximate surface area is 613 Å². The number of phenolic OH excluding ortho intramolecular Hbond substituents is 23. The zero-order chi connectivity index (χ0) is 81.4. The van der Waals surface area contributed by atoms with Crippen molar-refractivity contribution in [1.29, 1.82) is 0 Å². The van der Waals surface area contributed by atoms with Crippen LogP contribution in [0.15, 0.2) is 36.4 Å². The number of carbonyl (C=O) groups excluding carboxylic acids is 8. The Morgan fingerprint density at radius 1 is 0.312 bits per heavy atom. The van der Waals surface area contributed by atoms with Crippen LogP contribution < -0.4 is 4.74 Å². The molecule has 0 amide bonds. The van der Waals surface area contributed by atoms with E-state index in [2.05, 4.69) is 0 Å². The van der Waals surface area contributed by atoms with Crippen molar-refractivity contribution in [2.75, 3.05) is 13.2 Å². The molecule has 112 heavy (non-hydrogen) atoms. The first-order chi connectivity index (χ1) is 52.7. The van der Waals surface area contributed by atoms with Gasteiger partial charge in [0.15, 0.2) is 123 Å². The van der Waals surface area contributed by atoms with Crippen LogP contribution in [-0.4, -0.2) is 249 Å². The summed E-state index contributed by atoms with van der Waals surface area (Å²) in [7, 11) is 0. The summed E-state index contributed by atoms with van der Waals surface area (Å²) in [6.07, 6.45) is -27.6. The number of hydrogen-bond acceptors (Lipinski definition) is 44. The molecule has 15 rings (SSSR count). The minimum atomic E-state index is -3.12. The van der Waals surface area contributed by atoms with Crippen molar-refractivity contribution in [3.63, 3.8) is 0 Å². The van der Waals surface area contributed by atoms with Gasteiger partial charge in [-0.3, -0.25) is 0 Å². The highest BCUT2D eigenvalue weighted by Crippen LogP contribution is 2.64. The second kappa shape index (κ2) is 25.6. The molecular weight excluding hydrogens is 1520 g/mol. The minimum absolute atomic E-state index is 0.116. The number of rotatable bonds is 4. The molecule has 582 valence electrons. The van der Waals surface area contributed by atoms with Crippen LogP contribution in [-0.2, 0) is 42.6 Å². The number of aliphatic hydroxyl groups excluding tert-OH is 3. The molecule has 0 saturated carbocycles. The lowest BCUT2D eigenvalue weighted by Gasteiger charge is -2.41. The smallest absolute Gasteiger partial charge is 0.344 e. The fraction of sp³-hybridized carbons (Fsp3) is 0.176. The number of fused-ring (bicyclic) bond motifs is 11. The third-order valence-corrected chi connectivity index (χ3v) is 18.8. The fourth-order valence-electron chi connectivity index (χ4n) is 13.4. The van der Waals surface area contributed by atoms with Crippen LogP contribution >= 0.6 is 0 Å². The van der Waals surface area contributed by atoms with Gasteiger partial charge in [0.05, 0.1) is 38.9 Å². The van der Waals surface area contributed by atoms with Crippen LogP contribution in [0.2, 0.25) is 0 Å². The van der Waals surface area contributed by atoms with E-state index in [0.717, 1.165) is 0 Å². The molecule has 0 spiro atoms. The molecule has 6 bridgehead atoms. The maximum atomic E-state index is 15.8. The molecule has 26 N–H and O–H groups in total. The normalized spacial score (nSPS) is 21.7. The second-order valence-electron chi connectivity index (χ2n) is 25.0. The van der Waals surface area contributed by atoms with Gasteiger partial charge in [0.2, 0.25) is 58.0 Å². The first-order valence-electron chi connectivity index (χ1n) is 31.3. The first-order valence-corrected chi connectivity index (χ1v) is 31.3. The largest absolute Gasteiger partial charge is 0.504 e. The van der Waals surface area contributed by atoms with Gasteiger partial charge in [0.1, 0.15) is 43.2 Å². The third kappa shape index (κ3) is 10.7. The number of phenols is 23. The summed E-state index contributed by atoms with van der Waals surface area (Å²) in [5, 5.41) is 294. The summed E-state index contributed by atoms with van der Waals surface area (Å²) in [6.45, 7) is -3.07. The fourth-order valence-corrected chi connectivity index (χ4v) is 13.4. The number of carbonyl (C=O) groups is 8. The summed E-state index contributed by atoms with van der Waals surface area (Å²) in [5.74, 6) is -56.8. The highest BCUT2D eigenvalue weighted by Gasteiger charge is 2.57. The summed E-state index contributed by atoms with van der Waals surface area (Å²) in [4.78, 5) is 118. The van der Waals surface area contributed by atoms with Gasteiger partial charge < -0.3 is 180 Å². The van der Waals surface area contributed by atoms with Crippen molar-refractivity contribution in [2.24, 2.45) is 0 Å². The summed E-state index contributed by atoms with van der Waals surface area (Å²) in [6, 6.07) is 1.53.